The van der Waals surface area contributed by atoms with E-state index in [4.69, 9.17) is 4.99 Å². The maximum absolute atomic E-state index is 4.87. The van der Waals surface area contributed by atoms with Gasteiger partial charge in [-0.2, -0.15) is 0 Å². The van der Waals surface area contributed by atoms with E-state index in [9.17, 15) is 0 Å². The van der Waals surface area contributed by atoms with Crippen LogP contribution in [0.1, 0.15) is 41.5 Å². The summed E-state index contributed by atoms with van der Waals surface area (Å²) in [4.78, 5) is 4.87. The van der Waals surface area contributed by atoms with E-state index in [0.717, 1.165) is 0 Å². The Bertz CT molecular complexity index is 288. The van der Waals surface area contributed by atoms with Crippen LogP contribution in [0.25, 0.3) is 0 Å². The molecule has 0 radical (unpaired) electrons. The van der Waals surface area contributed by atoms with E-state index in [-0.39, 0.29) is 15.0 Å². The molecule has 1 nitrogen and oxygen atoms in total. The van der Waals surface area contributed by atoms with E-state index in [1.807, 2.05) is 0 Å². The van der Waals surface area contributed by atoms with Gasteiger partial charge in [-0.25, -0.2) is 0 Å². The van der Waals surface area contributed by atoms with Crippen molar-refractivity contribution in [2.75, 3.05) is 0 Å². The summed E-state index contributed by atoms with van der Waals surface area (Å²) in [5, 5.41) is 0. The number of rotatable bonds is 0. The fourth-order valence-electron chi connectivity index (χ4n) is 1.40. The van der Waals surface area contributed by atoms with Gasteiger partial charge in [-0.05, 0) is 0 Å². The monoisotopic (exact) mass is 185 g/mol. The molecule has 1 aliphatic heterocycles. The fraction of sp³-hybridized carbons (Fsp3) is 0.750. The molecule has 0 bridgehead atoms. The van der Waals surface area contributed by atoms with Gasteiger partial charge >= 0.3 is 97.2 Å². The van der Waals surface area contributed by atoms with E-state index in [1.165, 1.54) is 5.71 Å². The van der Waals surface area contributed by atoms with E-state index in [1.54, 1.807) is 0 Å². The molecule has 0 aromatic heterocycles. The minimum absolute atomic E-state index is 0.0321. The Morgan fingerprint density at radius 1 is 1.14 bits per heavy atom. The van der Waals surface area contributed by atoms with Crippen molar-refractivity contribution in [2.45, 2.75) is 45.8 Å². The Hall–Kier alpha value is 0.00740. The molecule has 0 aromatic rings. The second-order valence-corrected chi connectivity index (χ2v) is 6.48. The zero-order chi connectivity index (χ0) is 11.2. The SMILES string of the molecule is [Li][C]1(C(C)(C)C)C=CC(C(C)(C)C)=N1. The van der Waals surface area contributed by atoms with Crippen LogP contribution in [-0.2, 0) is 0 Å². The third kappa shape index (κ3) is 2.15. The predicted octanol–water partition coefficient (Wildman–Crippen LogP) is 2.95. The second kappa shape index (κ2) is 3.25. The molecule has 1 rings (SSSR count). The molecule has 0 N–H and O–H groups in total. The fourth-order valence-corrected chi connectivity index (χ4v) is 1.40. The van der Waals surface area contributed by atoms with Crippen molar-refractivity contribution in [1.29, 1.82) is 0 Å². The second-order valence-electron chi connectivity index (χ2n) is 6.48. The summed E-state index contributed by atoms with van der Waals surface area (Å²) in [6, 6.07) is 0. The first-order valence-corrected chi connectivity index (χ1v) is 5.36. The molecule has 14 heavy (non-hydrogen) atoms. The Kier molecular flexibility index (Phi) is 2.81. The molecule has 0 aliphatic carbocycles. The minimum atomic E-state index is -0.0321. The van der Waals surface area contributed by atoms with Crippen LogP contribution in [0, 0.1) is 10.8 Å². The van der Waals surface area contributed by atoms with Crippen molar-refractivity contribution in [3.05, 3.63) is 12.2 Å². The molecular formula is C12H20LiN. The molecule has 0 saturated heterocycles. The summed E-state index contributed by atoms with van der Waals surface area (Å²) >= 11 is 2.21. The average Bonchev–Trinajstić information content (AvgIpc) is 2.29. The molecule has 74 valence electrons. The summed E-state index contributed by atoms with van der Waals surface area (Å²) in [6.45, 7) is 13.4. The zero-order valence-electron chi connectivity index (χ0n) is 10.6. The third-order valence-electron chi connectivity index (χ3n) is 3.21. The van der Waals surface area contributed by atoms with Gasteiger partial charge in [0, 0.05) is 0 Å². The Labute approximate surface area is 97.3 Å². The first-order valence-electron chi connectivity index (χ1n) is 5.36. The van der Waals surface area contributed by atoms with Gasteiger partial charge in [0.25, 0.3) is 0 Å². The summed E-state index contributed by atoms with van der Waals surface area (Å²) in [6.07, 6.45) is 4.43. The van der Waals surface area contributed by atoms with Crippen molar-refractivity contribution in [2.24, 2.45) is 15.8 Å². The van der Waals surface area contributed by atoms with Crippen LogP contribution in [0.15, 0.2) is 17.1 Å². The van der Waals surface area contributed by atoms with Crippen LogP contribution in [0.2, 0.25) is 0 Å². The van der Waals surface area contributed by atoms with Crippen LogP contribution < -0.4 is 0 Å². The van der Waals surface area contributed by atoms with Gasteiger partial charge < -0.3 is 0 Å². The van der Waals surface area contributed by atoms with Crippen molar-refractivity contribution in [3.8, 4) is 0 Å². The number of nitrogens with zero attached hydrogens (tertiary/aromatic N) is 1. The zero-order valence-corrected chi connectivity index (χ0v) is 10.6. The summed E-state index contributed by atoms with van der Waals surface area (Å²) < 4.78 is -0.0321. The van der Waals surface area contributed by atoms with Crippen molar-refractivity contribution >= 4 is 23.4 Å². The standard InChI is InChI=1S/C12H20N.Li/c1-11(2,3)9-7-8-10(13-9)12(4,5)6;/h7-8H,1-6H3;. The van der Waals surface area contributed by atoms with E-state index >= 15 is 0 Å². The van der Waals surface area contributed by atoms with Crippen LogP contribution in [-0.4, -0.2) is 27.6 Å². The molecule has 1 unspecified atom stereocenters. The molecule has 0 fully saturated rings. The molecule has 2 heteroatoms. The van der Waals surface area contributed by atoms with Crippen molar-refractivity contribution < 1.29 is 0 Å². The third-order valence-corrected chi connectivity index (χ3v) is 3.21. The van der Waals surface area contributed by atoms with Crippen molar-refractivity contribution in [1.82, 2.24) is 0 Å². The predicted molar refractivity (Wildman–Crippen MR) is 64.0 cm³/mol. The van der Waals surface area contributed by atoms with Crippen LogP contribution in [0.4, 0.5) is 0 Å². The number of allylic oxidation sites excluding steroid dienone is 1. The van der Waals surface area contributed by atoms with E-state index in [2.05, 4.69) is 71.4 Å². The van der Waals surface area contributed by atoms with Gasteiger partial charge in [0.2, 0.25) is 0 Å². The summed E-state index contributed by atoms with van der Waals surface area (Å²) in [5.41, 5.74) is 1.57. The Morgan fingerprint density at radius 3 is 1.86 bits per heavy atom. The number of hydrogen-bond donors (Lipinski definition) is 0. The van der Waals surface area contributed by atoms with Crippen LogP contribution in [0.5, 0.6) is 0 Å². The topological polar surface area (TPSA) is 12.4 Å². The number of hydrogen-bond acceptors (Lipinski definition) is 1. The first kappa shape index (κ1) is 12.1. The van der Waals surface area contributed by atoms with Gasteiger partial charge in [-0.3, -0.25) is 0 Å². The van der Waals surface area contributed by atoms with Gasteiger partial charge in [0.1, 0.15) is 0 Å². The molecule has 0 amide bonds. The molecule has 1 aliphatic rings. The number of aliphatic imine (C=N–C) groups is 1. The maximum atomic E-state index is 4.87. The summed E-state index contributed by atoms with van der Waals surface area (Å²) in [7, 11) is 0. The molecule has 0 aromatic carbocycles. The van der Waals surface area contributed by atoms with E-state index < -0.39 is 0 Å². The molecule has 0 saturated carbocycles. The van der Waals surface area contributed by atoms with Crippen LogP contribution >= 0.6 is 0 Å². The molecular weight excluding hydrogens is 165 g/mol. The average molecular weight is 185 g/mol. The molecule has 0 spiro atoms. The summed E-state index contributed by atoms with van der Waals surface area (Å²) in [5.74, 6) is 0. The van der Waals surface area contributed by atoms with Gasteiger partial charge in [0.15, 0.2) is 0 Å². The van der Waals surface area contributed by atoms with Crippen molar-refractivity contribution in [3.63, 3.8) is 0 Å². The first-order chi connectivity index (χ1) is 6.06. The van der Waals surface area contributed by atoms with Gasteiger partial charge in [0.05, 0.1) is 0 Å². The quantitative estimate of drug-likeness (QED) is 0.514. The van der Waals surface area contributed by atoms with Crippen LogP contribution in [0.3, 0.4) is 0 Å². The molecule has 1 heterocycles. The van der Waals surface area contributed by atoms with Gasteiger partial charge in [-0.1, -0.05) is 0 Å². The normalized spacial score (nSPS) is 28.1. The Balaban J connectivity index is 3.04. The van der Waals surface area contributed by atoms with E-state index in [0.29, 0.717) is 0 Å². The Morgan fingerprint density at radius 2 is 1.64 bits per heavy atom. The van der Waals surface area contributed by atoms with Gasteiger partial charge in [-0.15, -0.1) is 0 Å². The molecule has 1 atom stereocenters.